The first-order valence-electron chi connectivity index (χ1n) is 9.60. The highest BCUT2D eigenvalue weighted by Gasteiger charge is 2.31. The molecule has 1 atom stereocenters. The summed E-state index contributed by atoms with van der Waals surface area (Å²) in [5, 5.41) is 0.701. The van der Waals surface area contributed by atoms with E-state index in [0.717, 1.165) is 16.9 Å². The van der Waals surface area contributed by atoms with Gasteiger partial charge in [-0.25, -0.2) is 0 Å². The van der Waals surface area contributed by atoms with E-state index in [1.54, 1.807) is 0 Å². The number of halogens is 1. The van der Waals surface area contributed by atoms with Gasteiger partial charge in [0.05, 0.1) is 6.04 Å². The van der Waals surface area contributed by atoms with Crippen molar-refractivity contribution in [3.05, 3.63) is 101 Å². The first-order chi connectivity index (χ1) is 13.7. The molecule has 0 radical (unpaired) electrons. The van der Waals surface area contributed by atoms with Crippen molar-refractivity contribution in [1.29, 1.82) is 0 Å². The second-order valence-corrected chi connectivity index (χ2v) is 7.42. The van der Waals surface area contributed by atoms with E-state index in [0.29, 0.717) is 17.9 Å². The van der Waals surface area contributed by atoms with E-state index in [2.05, 4.69) is 41.3 Å². The molecule has 0 saturated carbocycles. The van der Waals surface area contributed by atoms with Crippen molar-refractivity contribution >= 4 is 34.8 Å². The normalized spacial score (nSPS) is 15.7. The Morgan fingerprint density at radius 1 is 0.929 bits per heavy atom. The SMILES string of the molecule is CCC(=O)CC1c2ccccc2C=C(c2ccccc2)N1c1ccc(Cl)cc1. The van der Waals surface area contributed by atoms with Crippen molar-refractivity contribution in [1.82, 2.24) is 0 Å². The average Bonchev–Trinajstić information content (AvgIpc) is 2.74. The maximum absolute atomic E-state index is 12.5. The van der Waals surface area contributed by atoms with Crippen LogP contribution in [0.1, 0.15) is 42.5 Å². The molecule has 4 rings (SSSR count). The number of carbonyl (C=O) groups excluding carboxylic acids is 1. The van der Waals surface area contributed by atoms with Crippen LogP contribution in [0.5, 0.6) is 0 Å². The Labute approximate surface area is 171 Å². The zero-order valence-corrected chi connectivity index (χ0v) is 16.6. The molecule has 0 N–H and O–H groups in total. The molecule has 140 valence electrons. The molecule has 0 aromatic heterocycles. The maximum Gasteiger partial charge on any atom is 0.135 e. The van der Waals surface area contributed by atoms with Crippen LogP contribution in [-0.2, 0) is 4.79 Å². The van der Waals surface area contributed by atoms with Gasteiger partial charge in [-0.15, -0.1) is 0 Å². The van der Waals surface area contributed by atoms with E-state index >= 15 is 0 Å². The van der Waals surface area contributed by atoms with E-state index < -0.39 is 0 Å². The van der Waals surface area contributed by atoms with Crippen LogP contribution in [-0.4, -0.2) is 5.78 Å². The number of fused-ring (bicyclic) bond motifs is 1. The van der Waals surface area contributed by atoms with Crippen LogP contribution in [0.25, 0.3) is 11.8 Å². The minimum Gasteiger partial charge on any atom is -0.333 e. The smallest absolute Gasteiger partial charge is 0.135 e. The van der Waals surface area contributed by atoms with Gasteiger partial charge in [-0.3, -0.25) is 4.79 Å². The monoisotopic (exact) mass is 387 g/mol. The minimum atomic E-state index is -0.0509. The summed E-state index contributed by atoms with van der Waals surface area (Å²) in [6, 6.07) is 26.5. The molecule has 1 heterocycles. The average molecular weight is 388 g/mol. The molecule has 3 aromatic rings. The quantitative estimate of drug-likeness (QED) is 0.481. The van der Waals surface area contributed by atoms with Gasteiger partial charge < -0.3 is 4.90 Å². The Balaban J connectivity index is 1.92. The van der Waals surface area contributed by atoms with E-state index in [4.69, 9.17) is 11.6 Å². The predicted octanol–water partition coefficient (Wildman–Crippen LogP) is 6.77. The fraction of sp³-hybridized carbons (Fsp3) is 0.160. The second-order valence-electron chi connectivity index (χ2n) is 6.98. The number of anilines is 1. The molecule has 1 unspecified atom stereocenters. The summed E-state index contributed by atoms with van der Waals surface area (Å²) < 4.78 is 0. The standard InChI is InChI=1S/C25H22ClNO/c1-2-22(28)17-25-23-11-7-6-10-19(23)16-24(18-8-4-3-5-9-18)27(25)21-14-12-20(26)13-15-21/h3-16,25H,2,17H2,1H3. The number of rotatable bonds is 5. The first kappa shape index (κ1) is 18.5. The zero-order chi connectivity index (χ0) is 19.5. The highest BCUT2D eigenvalue weighted by atomic mass is 35.5. The zero-order valence-electron chi connectivity index (χ0n) is 15.8. The Morgan fingerprint density at radius 3 is 2.32 bits per heavy atom. The van der Waals surface area contributed by atoms with Gasteiger partial charge in [0.25, 0.3) is 0 Å². The van der Waals surface area contributed by atoms with E-state index in [9.17, 15) is 4.79 Å². The molecule has 0 aliphatic carbocycles. The van der Waals surface area contributed by atoms with Gasteiger partial charge in [0, 0.05) is 29.2 Å². The van der Waals surface area contributed by atoms with Crippen molar-refractivity contribution < 1.29 is 4.79 Å². The summed E-state index contributed by atoms with van der Waals surface area (Å²) in [5.74, 6) is 0.257. The van der Waals surface area contributed by atoms with Crippen LogP contribution in [0.3, 0.4) is 0 Å². The number of benzene rings is 3. The number of hydrogen-bond donors (Lipinski definition) is 0. The Kier molecular flexibility index (Phi) is 5.31. The summed E-state index contributed by atoms with van der Waals surface area (Å²) in [7, 11) is 0. The van der Waals surface area contributed by atoms with Gasteiger partial charge in [-0.05, 0) is 47.0 Å². The summed E-state index contributed by atoms with van der Waals surface area (Å²) in [4.78, 5) is 14.8. The largest absolute Gasteiger partial charge is 0.333 e. The third-order valence-electron chi connectivity index (χ3n) is 5.21. The lowest BCUT2D eigenvalue weighted by Crippen LogP contribution is -2.32. The molecule has 2 nitrogen and oxygen atoms in total. The predicted molar refractivity (Wildman–Crippen MR) is 117 cm³/mol. The third kappa shape index (κ3) is 3.61. The fourth-order valence-electron chi connectivity index (χ4n) is 3.78. The number of Topliss-reactive ketones (excluding diaryl/α,β-unsaturated/α-hetero) is 1. The molecule has 0 fully saturated rings. The summed E-state index contributed by atoms with van der Waals surface area (Å²) in [6.45, 7) is 1.93. The Hall–Kier alpha value is -2.84. The van der Waals surface area contributed by atoms with Gasteiger partial charge in [0.15, 0.2) is 0 Å². The number of nitrogens with zero attached hydrogens (tertiary/aromatic N) is 1. The number of carbonyl (C=O) groups is 1. The lowest BCUT2D eigenvalue weighted by Gasteiger charge is -2.39. The number of hydrogen-bond acceptors (Lipinski definition) is 2. The lowest BCUT2D eigenvalue weighted by atomic mass is 9.88. The van der Waals surface area contributed by atoms with Crippen molar-refractivity contribution in [2.75, 3.05) is 4.90 Å². The van der Waals surface area contributed by atoms with Crippen molar-refractivity contribution in [3.63, 3.8) is 0 Å². The van der Waals surface area contributed by atoms with Crippen molar-refractivity contribution in [2.45, 2.75) is 25.8 Å². The molecule has 3 aromatic carbocycles. The van der Waals surface area contributed by atoms with Crippen LogP contribution >= 0.6 is 11.6 Å². The van der Waals surface area contributed by atoms with E-state index in [-0.39, 0.29) is 11.8 Å². The molecule has 0 bridgehead atoms. The van der Waals surface area contributed by atoms with Crippen LogP contribution in [0.15, 0.2) is 78.9 Å². The molecule has 0 saturated heterocycles. The maximum atomic E-state index is 12.5. The van der Waals surface area contributed by atoms with Crippen LogP contribution in [0.4, 0.5) is 5.69 Å². The molecule has 0 spiro atoms. The van der Waals surface area contributed by atoms with Gasteiger partial charge in [-0.2, -0.15) is 0 Å². The first-order valence-corrected chi connectivity index (χ1v) is 9.97. The molecule has 1 aliphatic heterocycles. The fourth-order valence-corrected chi connectivity index (χ4v) is 3.91. The second kappa shape index (κ2) is 8.04. The highest BCUT2D eigenvalue weighted by molar-refractivity contribution is 6.30. The highest BCUT2D eigenvalue weighted by Crippen LogP contribution is 2.43. The summed E-state index contributed by atoms with van der Waals surface area (Å²) in [5.41, 5.74) is 5.60. The molecular formula is C25H22ClNO. The Morgan fingerprint density at radius 2 is 1.61 bits per heavy atom. The molecule has 0 amide bonds. The summed E-state index contributed by atoms with van der Waals surface area (Å²) >= 11 is 6.14. The molecular weight excluding hydrogens is 366 g/mol. The van der Waals surface area contributed by atoms with E-state index in [1.165, 1.54) is 11.1 Å². The van der Waals surface area contributed by atoms with Gasteiger partial charge in [0.2, 0.25) is 0 Å². The number of ketones is 1. The third-order valence-corrected chi connectivity index (χ3v) is 5.46. The molecule has 1 aliphatic rings. The lowest BCUT2D eigenvalue weighted by molar-refractivity contribution is -0.119. The van der Waals surface area contributed by atoms with Crippen LogP contribution < -0.4 is 4.90 Å². The van der Waals surface area contributed by atoms with Crippen LogP contribution in [0, 0.1) is 0 Å². The van der Waals surface area contributed by atoms with Gasteiger partial charge in [0.1, 0.15) is 5.78 Å². The summed E-state index contributed by atoms with van der Waals surface area (Å²) in [6.07, 6.45) is 3.23. The molecule has 3 heteroatoms. The van der Waals surface area contributed by atoms with Gasteiger partial charge >= 0.3 is 0 Å². The van der Waals surface area contributed by atoms with Crippen LogP contribution in [0.2, 0.25) is 5.02 Å². The Bertz CT molecular complexity index is 1010. The topological polar surface area (TPSA) is 20.3 Å². The minimum absolute atomic E-state index is 0.0509. The van der Waals surface area contributed by atoms with Crippen molar-refractivity contribution in [3.8, 4) is 0 Å². The molecule has 28 heavy (non-hydrogen) atoms. The van der Waals surface area contributed by atoms with E-state index in [1.807, 2.05) is 55.5 Å². The van der Waals surface area contributed by atoms with Crippen molar-refractivity contribution in [2.24, 2.45) is 0 Å². The van der Waals surface area contributed by atoms with Gasteiger partial charge in [-0.1, -0.05) is 73.1 Å².